The van der Waals surface area contributed by atoms with Crippen LogP contribution in [0.4, 0.5) is 0 Å². The number of hydrogen-bond acceptors (Lipinski definition) is 3. The molecular formula is C15H21ClO3. The molecule has 0 spiro atoms. The van der Waals surface area contributed by atoms with Crippen LogP contribution in [0, 0.1) is 0 Å². The van der Waals surface area contributed by atoms with Gasteiger partial charge >= 0.3 is 0 Å². The third kappa shape index (κ3) is 6.62. The zero-order valence-electron chi connectivity index (χ0n) is 11.4. The predicted molar refractivity (Wildman–Crippen MR) is 77.8 cm³/mol. The monoisotopic (exact) mass is 284 g/mol. The Balaban J connectivity index is 2.27. The van der Waals surface area contributed by atoms with E-state index in [1.165, 1.54) is 0 Å². The Bertz CT molecular complexity index is 387. The van der Waals surface area contributed by atoms with Crippen molar-refractivity contribution in [3.63, 3.8) is 0 Å². The van der Waals surface area contributed by atoms with Crippen LogP contribution in [0.3, 0.4) is 0 Å². The van der Waals surface area contributed by atoms with E-state index in [0.29, 0.717) is 19.6 Å². The molecule has 0 aliphatic carbocycles. The molecule has 1 unspecified atom stereocenters. The molecule has 0 radical (unpaired) electrons. The van der Waals surface area contributed by atoms with Gasteiger partial charge in [-0.3, -0.25) is 0 Å². The molecule has 19 heavy (non-hydrogen) atoms. The molecule has 0 saturated heterocycles. The number of hydrogen-bond donors (Lipinski definition) is 1. The van der Waals surface area contributed by atoms with E-state index in [-0.39, 0.29) is 5.88 Å². The summed E-state index contributed by atoms with van der Waals surface area (Å²) in [5.41, 5.74) is 2.19. The van der Waals surface area contributed by atoms with Crippen molar-refractivity contribution in [1.29, 1.82) is 0 Å². The van der Waals surface area contributed by atoms with Crippen molar-refractivity contribution in [3.8, 4) is 5.75 Å². The van der Waals surface area contributed by atoms with Crippen molar-refractivity contribution < 1.29 is 14.6 Å². The van der Waals surface area contributed by atoms with Gasteiger partial charge in [-0.05, 0) is 31.0 Å². The highest BCUT2D eigenvalue weighted by Crippen LogP contribution is 2.12. The number of alkyl halides is 1. The van der Waals surface area contributed by atoms with Crippen LogP contribution < -0.4 is 4.74 Å². The summed E-state index contributed by atoms with van der Waals surface area (Å²) in [6.45, 7) is 3.06. The van der Waals surface area contributed by atoms with E-state index >= 15 is 0 Å². The number of aliphatic hydroxyl groups excluding tert-OH is 1. The molecule has 3 nitrogen and oxygen atoms in total. The quantitative estimate of drug-likeness (QED) is 0.453. The molecule has 1 aromatic carbocycles. The highest BCUT2D eigenvalue weighted by Gasteiger charge is 2.02. The molecule has 0 fully saturated rings. The Labute approximate surface area is 119 Å². The fourth-order valence-corrected chi connectivity index (χ4v) is 1.72. The van der Waals surface area contributed by atoms with Crippen LogP contribution in [0.15, 0.2) is 35.9 Å². The fraction of sp³-hybridized carbons (Fsp3) is 0.467. The maximum atomic E-state index is 9.39. The summed E-state index contributed by atoms with van der Waals surface area (Å²) in [5.74, 6) is 1.10. The van der Waals surface area contributed by atoms with Crippen LogP contribution in [0.25, 0.3) is 0 Å². The van der Waals surface area contributed by atoms with Gasteiger partial charge in [-0.15, -0.1) is 11.6 Å². The van der Waals surface area contributed by atoms with Gasteiger partial charge in [0.25, 0.3) is 0 Å². The number of benzene rings is 1. The van der Waals surface area contributed by atoms with Gasteiger partial charge in [-0.2, -0.15) is 0 Å². The second-order valence-corrected chi connectivity index (χ2v) is 4.73. The zero-order chi connectivity index (χ0) is 14.1. The molecule has 1 rings (SSSR count). The van der Waals surface area contributed by atoms with E-state index in [1.54, 1.807) is 7.11 Å². The Hall–Kier alpha value is -1.03. The highest BCUT2D eigenvalue weighted by molar-refractivity contribution is 6.18. The van der Waals surface area contributed by atoms with Crippen molar-refractivity contribution in [3.05, 3.63) is 41.5 Å². The molecule has 0 aliphatic heterocycles. The van der Waals surface area contributed by atoms with E-state index in [2.05, 4.69) is 0 Å². The molecule has 0 aromatic heterocycles. The number of ether oxygens (including phenoxy) is 2. The molecule has 4 heteroatoms. The number of methoxy groups -OCH3 is 1. The third-order valence-electron chi connectivity index (χ3n) is 2.71. The summed E-state index contributed by atoms with van der Waals surface area (Å²) < 4.78 is 10.6. The molecule has 1 aromatic rings. The van der Waals surface area contributed by atoms with Gasteiger partial charge < -0.3 is 14.6 Å². The van der Waals surface area contributed by atoms with Crippen LogP contribution in [0.5, 0.6) is 5.75 Å². The Morgan fingerprint density at radius 2 is 2.05 bits per heavy atom. The summed E-state index contributed by atoms with van der Waals surface area (Å²) in [6.07, 6.45) is 2.09. The maximum absolute atomic E-state index is 9.39. The third-order valence-corrected chi connectivity index (χ3v) is 3.07. The number of aliphatic hydroxyl groups is 1. The second kappa shape index (κ2) is 8.97. The minimum Gasteiger partial charge on any atom is -0.497 e. The van der Waals surface area contributed by atoms with Crippen molar-refractivity contribution in [1.82, 2.24) is 0 Å². The highest BCUT2D eigenvalue weighted by atomic mass is 35.5. The molecule has 0 saturated carbocycles. The minimum absolute atomic E-state index is 0.262. The number of rotatable bonds is 8. The lowest BCUT2D eigenvalue weighted by Crippen LogP contribution is -2.08. The molecule has 0 bridgehead atoms. The summed E-state index contributed by atoms with van der Waals surface area (Å²) >= 11 is 5.54. The lowest BCUT2D eigenvalue weighted by Gasteiger charge is -2.07. The van der Waals surface area contributed by atoms with E-state index < -0.39 is 6.10 Å². The molecular weight excluding hydrogens is 264 g/mol. The summed E-state index contributed by atoms with van der Waals surface area (Å²) in [6, 6.07) is 7.78. The van der Waals surface area contributed by atoms with E-state index in [4.69, 9.17) is 21.1 Å². The van der Waals surface area contributed by atoms with Crippen molar-refractivity contribution >= 4 is 11.6 Å². The average molecular weight is 285 g/mol. The topological polar surface area (TPSA) is 38.7 Å². The Morgan fingerprint density at radius 1 is 1.37 bits per heavy atom. The number of halogens is 1. The zero-order valence-corrected chi connectivity index (χ0v) is 12.2. The van der Waals surface area contributed by atoms with E-state index in [0.717, 1.165) is 16.9 Å². The molecule has 1 N–H and O–H groups in total. The lowest BCUT2D eigenvalue weighted by atomic mass is 10.1. The van der Waals surface area contributed by atoms with Crippen LogP contribution in [0.1, 0.15) is 18.9 Å². The normalized spacial score (nSPS) is 13.4. The molecule has 0 heterocycles. The van der Waals surface area contributed by atoms with Crippen molar-refractivity contribution in [2.45, 2.75) is 26.1 Å². The first-order valence-electron chi connectivity index (χ1n) is 6.26. The first kappa shape index (κ1) is 16.0. The Kier molecular flexibility index (Phi) is 7.56. The SMILES string of the molecule is COc1ccc(COC/C=C(/C)CC(O)CCl)cc1. The van der Waals surface area contributed by atoms with E-state index in [9.17, 15) is 5.11 Å². The average Bonchev–Trinajstić information content (AvgIpc) is 2.44. The van der Waals surface area contributed by atoms with Gasteiger partial charge in [0.05, 0.1) is 26.4 Å². The fourth-order valence-electron chi connectivity index (χ4n) is 1.61. The van der Waals surface area contributed by atoms with Crippen molar-refractivity contribution in [2.24, 2.45) is 0 Å². The molecule has 106 valence electrons. The van der Waals surface area contributed by atoms with Gasteiger partial charge in [0, 0.05) is 5.88 Å². The van der Waals surface area contributed by atoms with Crippen LogP contribution in [-0.2, 0) is 11.3 Å². The van der Waals surface area contributed by atoms with E-state index in [1.807, 2.05) is 37.3 Å². The van der Waals surface area contributed by atoms with Crippen LogP contribution in [-0.4, -0.2) is 30.8 Å². The first-order chi connectivity index (χ1) is 9.15. The van der Waals surface area contributed by atoms with Gasteiger partial charge in [-0.1, -0.05) is 23.8 Å². The maximum Gasteiger partial charge on any atom is 0.118 e. The standard InChI is InChI=1S/C15H21ClO3/c1-12(9-14(17)10-16)7-8-19-11-13-3-5-15(18-2)6-4-13/h3-7,14,17H,8-11H2,1-2H3/b12-7-. The Morgan fingerprint density at radius 3 is 2.63 bits per heavy atom. The predicted octanol–water partition coefficient (Wildman–Crippen LogP) is 3.15. The van der Waals surface area contributed by atoms with Gasteiger partial charge in [0.15, 0.2) is 0 Å². The van der Waals surface area contributed by atoms with Gasteiger partial charge in [0.2, 0.25) is 0 Å². The summed E-state index contributed by atoms with van der Waals surface area (Å²) in [7, 11) is 1.65. The largest absolute Gasteiger partial charge is 0.497 e. The summed E-state index contributed by atoms with van der Waals surface area (Å²) in [4.78, 5) is 0. The van der Waals surface area contributed by atoms with Crippen LogP contribution >= 0.6 is 11.6 Å². The first-order valence-corrected chi connectivity index (χ1v) is 6.79. The summed E-state index contributed by atoms with van der Waals surface area (Å²) in [5, 5.41) is 9.39. The van der Waals surface area contributed by atoms with Gasteiger partial charge in [0.1, 0.15) is 5.75 Å². The molecule has 1 atom stereocenters. The lowest BCUT2D eigenvalue weighted by molar-refractivity contribution is 0.147. The van der Waals surface area contributed by atoms with Crippen molar-refractivity contribution in [2.75, 3.05) is 19.6 Å². The molecule has 0 amide bonds. The molecule has 0 aliphatic rings. The minimum atomic E-state index is -0.473. The second-order valence-electron chi connectivity index (χ2n) is 4.43. The van der Waals surface area contributed by atoms with Gasteiger partial charge in [-0.25, -0.2) is 0 Å². The van der Waals surface area contributed by atoms with Crippen LogP contribution in [0.2, 0.25) is 0 Å². The smallest absolute Gasteiger partial charge is 0.118 e.